The first-order valence-corrected chi connectivity index (χ1v) is 5.78. The van der Waals surface area contributed by atoms with Crippen molar-refractivity contribution in [2.45, 2.75) is 38.1 Å². The molecule has 4 nitrogen and oxygen atoms in total. The average Bonchev–Trinajstić information content (AvgIpc) is 2.31. The topological polar surface area (TPSA) is 68.0 Å². The Morgan fingerprint density at radius 3 is 2.53 bits per heavy atom. The van der Waals surface area contributed by atoms with E-state index in [1.165, 1.54) is 38.3 Å². The van der Waals surface area contributed by atoms with E-state index < -0.39 is 5.91 Å². The van der Waals surface area contributed by atoms with Crippen LogP contribution in [0.3, 0.4) is 0 Å². The highest BCUT2D eigenvalue weighted by Gasteiger charge is 2.13. The lowest BCUT2D eigenvalue weighted by atomic mass is 9.95. The van der Waals surface area contributed by atoms with Crippen molar-refractivity contribution < 1.29 is 4.79 Å². The molecule has 1 aromatic heterocycles. The lowest BCUT2D eigenvalue weighted by Crippen LogP contribution is -2.22. The summed E-state index contributed by atoms with van der Waals surface area (Å²) >= 11 is 0. The molecule has 0 bridgehead atoms. The molecule has 2 rings (SSSR count). The fourth-order valence-corrected chi connectivity index (χ4v) is 2.08. The Kier molecular flexibility index (Phi) is 5.22. The molecule has 0 spiro atoms. The van der Waals surface area contributed by atoms with E-state index in [1.54, 1.807) is 6.07 Å². The molecule has 1 amide bonds. The summed E-state index contributed by atoms with van der Waals surface area (Å²) in [6.07, 6.45) is 7.85. The van der Waals surface area contributed by atoms with Crippen molar-refractivity contribution in [1.29, 1.82) is 0 Å². The van der Waals surface area contributed by atoms with Gasteiger partial charge in [-0.1, -0.05) is 19.3 Å². The van der Waals surface area contributed by atoms with Crippen molar-refractivity contribution in [3.8, 4) is 0 Å². The number of primary amides is 1. The molecule has 1 aliphatic rings. The van der Waals surface area contributed by atoms with Gasteiger partial charge in [-0.05, 0) is 25.0 Å². The third kappa shape index (κ3) is 3.89. The van der Waals surface area contributed by atoms with Crippen LogP contribution in [0.4, 0.5) is 5.82 Å². The molecule has 0 aliphatic heterocycles. The molecule has 1 saturated carbocycles. The van der Waals surface area contributed by atoms with E-state index in [1.807, 2.05) is 6.07 Å². The van der Waals surface area contributed by atoms with E-state index in [2.05, 4.69) is 10.3 Å². The van der Waals surface area contributed by atoms with Crippen LogP contribution in [0.25, 0.3) is 0 Å². The number of anilines is 1. The minimum Gasteiger partial charge on any atom is -0.367 e. The molecule has 1 fully saturated rings. The highest BCUT2D eigenvalue weighted by atomic mass is 35.5. The van der Waals surface area contributed by atoms with E-state index in [4.69, 9.17) is 5.73 Å². The zero-order chi connectivity index (χ0) is 11.4. The first-order valence-electron chi connectivity index (χ1n) is 5.78. The molecular weight excluding hydrogens is 238 g/mol. The second-order valence-electron chi connectivity index (χ2n) is 4.28. The smallest absolute Gasteiger partial charge is 0.250 e. The third-order valence-electron chi connectivity index (χ3n) is 3.01. The van der Waals surface area contributed by atoms with Crippen LogP contribution in [-0.2, 0) is 0 Å². The van der Waals surface area contributed by atoms with Crippen molar-refractivity contribution >= 4 is 24.1 Å². The van der Waals surface area contributed by atoms with Gasteiger partial charge in [0.1, 0.15) is 5.82 Å². The lowest BCUT2D eigenvalue weighted by Gasteiger charge is -2.23. The molecule has 0 unspecified atom stereocenters. The summed E-state index contributed by atoms with van der Waals surface area (Å²) in [5.74, 6) is 0.397. The molecule has 0 radical (unpaired) electrons. The molecule has 94 valence electrons. The van der Waals surface area contributed by atoms with Gasteiger partial charge in [-0.2, -0.15) is 0 Å². The Bertz CT molecular complexity index is 361. The number of nitrogens with zero attached hydrogens (tertiary/aromatic N) is 1. The maximum atomic E-state index is 10.9. The minimum absolute atomic E-state index is 0. The number of carbonyl (C=O) groups is 1. The van der Waals surface area contributed by atoms with E-state index in [0.29, 0.717) is 11.6 Å². The molecule has 0 aromatic carbocycles. The summed E-state index contributed by atoms with van der Waals surface area (Å²) in [5, 5.41) is 3.38. The SMILES string of the molecule is Cl.NC(=O)c1ccc(NC2CCCCC2)nc1. The summed E-state index contributed by atoms with van der Waals surface area (Å²) in [5.41, 5.74) is 5.60. The highest BCUT2D eigenvalue weighted by molar-refractivity contribution is 5.92. The van der Waals surface area contributed by atoms with E-state index in [9.17, 15) is 4.79 Å². The zero-order valence-electron chi connectivity index (χ0n) is 9.69. The maximum absolute atomic E-state index is 10.9. The Labute approximate surface area is 107 Å². The molecule has 0 atom stereocenters. The minimum atomic E-state index is -0.434. The first kappa shape index (κ1) is 13.8. The first-order chi connectivity index (χ1) is 7.75. The molecular formula is C12H18ClN3O. The van der Waals surface area contributed by atoms with Crippen LogP contribution in [0.2, 0.25) is 0 Å². The van der Waals surface area contributed by atoms with Gasteiger partial charge in [-0.3, -0.25) is 4.79 Å². The number of pyridine rings is 1. The fourth-order valence-electron chi connectivity index (χ4n) is 2.08. The molecule has 0 saturated heterocycles. The Hall–Kier alpha value is -1.29. The van der Waals surface area contributed by atoms with Gasteiger partial charge in [0.25, 0.3) is 0 Å². The Morgan fingerprint density at radius 1 is 1.29 bits per heavy atom. The molecule has 17 heavy (non-hydrogen) atoms. The van der Waals surface area contributed by atoms with Crippen LogP contribution in [-0.4, -0.2) is 16.9 Å². The van der Waals surface area contributed by atoms with E-state index in [-0.39, 0.29) is 12.4 Å². The van der Waals surface area contributed by atoms with E-state index in [0.717, 1.165) is 5.82 Å². The van der Waals surface area contributed by atoms with Crippen molar-refractivity contribution in [3.05, 3.63) is 23.9 Å². The molecule has 1 heterocycles. The second-order valence-corrected chi connectivity index (χ2v) is 4.28. The average molecular weight is 256 g/mol. The number of rotatable bonds is 3. The third-order valence-corrected chi connectivity index (χ3v) is 3.01. The van der Waals surface area contributed by atoms with Crippen LogP contribution in [0.5, 0.6) is 0 Å². The van der Waals surface area contributed by atoms with Gasteiger partial charge >= 0.3 is 0 Å². The van der Waals surface area contributed by atoms with Crippen molar-refractivity contribution in [2.75, 3.05) is 5.32 Å². The summed E-state index contributed by atoms with van der Waals surface area (Å²) in [6.45, 7) is 0. The number of nitrogens with two attached hydrogens (primary N) is 1. The van der Waals surface area contributed by atoms with Crippen molar-refractivity contribution in [1.82, 2.24) is 4.98 Å². The molecule has 5 heteroatoms. The Morgan fingerprint density at radius 2 is 2.00 bits per heavy atom. The number of hydrogen-bond acceptors (Lipinski definition) is 3. The summed E-state index contributed by atoms with van der Waals surface area (Å²) in [7, 11) is 0. The highest BCUT2D eigenvalue weighted by Crippen LogP contribution is 2.20. The van der Waals surface area contributed by atoms with Gasteiger partial charge < -0.3 is 11.1 Å². The second kappa shape index (κ2) is 6.45. The number of aromatic nitrogens is 1. The van der Waals surface area contributed by atoms with Gasteiger partial charge in [0, 0.05) is 12.2 Å². The van der Waals surface area contributed by atoms with Crippen LogP contribution in [0.1, 0.15) is 42.5 Å². The molecule has 3 N–H and O–H groups in total. The summed E-state index contributed by atoms with van der Waals surface area (Å²) in [6, 6.07) is 4.05. The largest absolute Gasteiger partial charge is 0.367 e. The zero-order valence-corrected chi connectivity index (χ0v) is 10.5. The van der Waals surface area contributed by atoms with Gasteiger partial charge in [-0.15, -0.1) is 12.4 Å². The van der Waals surface area contributed by atoms with Crippen LogP contribution in [0, 0.1) is 0 Å². The van der Waals surface area contributed by atoms with Gasteiger partial charge in [0.15, 0.2) is 0 Å². The van der Waals surface area contributed by atoms with Crippen LogP contribution >= 0.6 is 12.4 Å². The van der Waals surface area contributed by atoms with E-state index >= 15 is 0 Å². The monoisotopic (exact) mass is 255 g/mol. The van der Waals surface area contributed by atoms with Crippen molar-refractivity contribution in [3.63, 3.8) is 0 Å². The quantitative estimate of drug-likeness (QED) is 0.871. The summed E-state index contributed by atoms with van der Waals surface area (Å²) in [4.78, 5) is 15.0. The van der Waals surface area contributed by atoms with Crippen molar-refractivity contribution in [2.24, 2.45) is 5.73 Å². The van der Waals surface area contributed by atoms with Gasteiger partial charge in [0.05, 0.1) is 5.56 Å². The van der Waals surface area contributed by atoms with Gasteiger partial charge in [-0.25, -0.2) is 4.98 Å². The number of nitrogens with one attached hydrogen (secondary N) is 1. The number of carbonyl (C=O) groups excluding carboxylic acids is 1. The Balaban J connectivity index is 0.00000144. The molecule has 1 aliphatic carbocycles. The maximum Gasteiger partial charge on any atom is 0.250 e. The number of amides is 1. The van der Waals surface area contributed by atoms with Crippen LogP contribution < -0.4 is 11.1 Å². The number of hydrogen-bond donors (Lipinski definition) is 2. The number of halogens is 1. The predicted octanol–water partition coefficient (Wildman–Crippen LogP) is 2.35. The normalized spacial score (nSPS) is 16.0. The predicted molar refractivity (Wildman–Crippen MR) is 70.5 cm³/mol. The lowest BCUT2D eigenvalue weighted by molar-refractivity contribution is 0.1000. The van der Waals surface area contributed by atoms with Crippen LogP contribution in [0.15, 0.2) is 18.3 Å². The fraction of sp³-hybridized carbons (Fsp3) is 0.500. The standard InChI is InChI=1S/C12H17N3O.ClH/c13-12(16)9-6-7-11(14-8-9)15-10-4-2-1-3-5-10;/h6-8,10H,1-5H2,(H2,13,16)(H,14,15);1H. The molecule has 1 aromatic rings. The van der Waals surface area contributed by atoms with Gasteiger partial charge in [0.2, 0.25) is 5.91 Å². The summed E-state index contributed by atoms with van der Waals surface area (Å²) < 4.78 is 0.